The van der Waals surface area contributed by atoms with E-state index in [-0.39, 0.29) is 35.1 Å². The Balaban J connectivity index is 1.64. The van der Waals surface area contributed by atoms with Crippen molar-refractivity contribution in [1.82, 2.24) is 30.5 Å². The highest BCUT2D eigenvalue weighted by Crippen LogP contribution is 2.21. The van der Waals surface area contributed by atoms with Gasteiger partial charge in [-0.2, -0.15) is 0 Å². The van der Waals surface area contributed by atoms with Crippen LogP contribution < -0.4 is 10.6 Å². The molecule has 1 aliphatic heterocycles. The van der Waals surface area contributed by atoms with Crippen molar-refractivity contribution in [3.63, 3.8) is 0 Å². The standard InChI is InChI=1S/C17H20ClFN6O2/c1-20-16(26)14-6-11(7-21-14)25-9-10(22-23-25)8-24(2)17(27)12-4-3-5-13(18)15(12)19/h3-5,9,11,14,21H,6-8H2,1-2H3,(H,20,26)/t11-,14-/m0/s1. The summed E-state index contributed by atoms with van der Waals surface area (Å²) in [6.07, 6.45) is 2.33. The Morgan fingerprint density at radius 3 is 3.00 bits per heavy atom. The topological polar surface area (TPSA) is 92.2 Å². The second-order valence-electron chi connectivity index (χ2n) is 6.42. The number of benzene rings is 1. The molecule has 1 aliphatic rings. The molecule has 1 aromatic carbocycles. The number of hydrogen-bond acceptors (Lipinski definition) is 5. The maximum atomic E-state index is 14.0. The number of amides is 2. The Morgan fingerprint density at radius 2 is 2.26 bits per heavy atom. The maximum absolute atomic E-state index is 14.0. The first-order chi connectivity index (χ1) is 12.9. The number of carbonyl (C=O) groups excluding carboxylic acids is 2. The molecule has 0 spiro atoms. The largest absolute Gasteiger partial charge is 0.358 e. The van der Waals surface area contributed by atoms with Crippen molar-refractivity contribution < 1.29 is 14.0 Å². The fraction of sp³-hybridized carbons (Fsp3) is 0.412. The third-order valence-corrected chi connectivity index (χ3v) is 4.82. The lowest BCUT2D eigenvalue weighted by Gasteiger charge is -2.16. The second-order valence-corrected chi connectivity index (χ2v) is 6.82. The van der Waals surface area contributed by atoms with E-state index in [0.29, 0.717) is 18.7 Å². The normalized spacial score (nSPS) is 19.1. The molecule has 144 valence electrons. The van der Waals surface area contributed by atoms with Gasteiger partial charge in [0.25, 0.3) is 5.91 Å². The first-order valence-corrected chi connectivity index (χ1v) is 8.83. The molecule has 2 heterocycles. The molecule has 0 saturated carbocycles. The van der Waals surface area contributed by atoms with Gasteiger partial charge in [0.1, 0.15) is 5.69 Å². The van der Waals surface area contributed by atoms with Crippen LogP contribution in [-0.2, 0) is 11.3 Å². The highest BCUT2D eigenvalue weighted by atomic mass is 35.5. The average molecular weight is 395 g/mol. The SMILES string of the molecule is CNC(=O)[C@@H]1C[C@H](n2cc(CN(C)C(=O)c3cccc(Cl)c3F)nn2)CN1. The van der Waals surface area contributed by atoms with Crippen LogP contribution in [0.25, 0.3) is 0 Å². The molecule has 8 nitrogen and oxygen atoms in total. The van der Waals surface area contributed by atoms with Gasteiger partial charge in [-0.3, -0.25) is 9.59 Å². The number of carbonyl (C=O) groups is 2. The Hall–Kier alpha value is -2.52. The van der Waals surface area contributed by atoms with E-state index in [1.54, 1.807) is 25.0 Å². The van der Waals surface area contributed by atoms with E-state index in [9.17, 15) is 14.0 Å². The smallest absolute Gasteiger partial charge is 0.256 e. The molecule has 0 unspecified atom stereocenters. The van der Waals surface area contributed by atoms with Gasteiger partial charge in [-0.25, -0.2) is 9.07 Å². The number of aromatic nitrogens is 3. The molecule has 2 atom stereocenters. The highest BCUT2D eigenvalue weighted by molar-refractivity contribution is 6.31. The molecule has 0 radical (unpaired) electrons. The van der Waals surface area contributed by atoms with E-state index in [4.69, 9.17) is 11.6 Å². The van der Waals surface area contributed by atoms with Crippen LogP contribution in [0.5, 0.6) is 0 Å². The van der Waals surface area contributed by atoms with Gasteiger partial charge in [-0.15, -0.1) is 5.10 Å². The molecule has 2 amide bonds. The van der Waals surface area contributed by atoms with Crippen molar-refractivity contribution in [1.29, 1.82) is 0 Å². The lowest BCUT2D eigenvalue weighted by Crippen LogP contribution is -2.38. The van der Waals surface area contributed by atoms with Crippen molar-refractivity contribution in [3.05, 3.63) is 46.5 Å². The van der Waals surface area contributed by atoms with Crippen LogP contribution in [0.4, 0.5) is 4.39 Å². The number of hydrogen-bond donors (Lipinski definition) is 2. The van der Waals surface area contributed by atoms with Crippen molar-refractivity contribution >= 4 is 23.4 Å². The average Bonchev–Trinajstić information content (AvgIpc) is 3.32. The van der Waals surface area contributed by atoms with Crippen molar-refractivity contribution in [2.45, 2.75) is 25.0 Å². The van der Waals surface area contributed by atoms with Gasteiger partial charge in [0.2, 0.25) is 5.91 Å². The zero-order valence-corrected chi connectivity index (χ0v) is 15.7. The summed E-state index contributed by atoms with van der Waals surface area (Å²) in [7, 11) is 3.15. The number of nitrogens with zero attached hydrogens (tertiary/aromatic N) is 4. The second kappa shape index (κ2) is 8.01. The number of rotatable bonds is 5. The van der Waals surface area contributed by atoms with Gasteiger partial charge >= 0.3 is 0 Å². The molecular weight excluding hydrogens is 375 g/mol. The Bertz CT molecular complexity index is 858. The minimum Gasteiger partial charge on any atom is -0.358 e. The fourth-order valence-electron chi connectivity index (χ4n) is 3.05. The summed E-state index contributed by atoms with van der Waals surface area (Å²) in [5, 5.41) is 13.8. The minimum atomic E-state index is -0.739. The van der Waals surface area contributed by atoms with E-state index >= 15 is 0 Å². The monoisotopic (exact) mass is 394 g/mol. The molecule has 10 heteroatoms. The molecule has 3 rings (SSSR count). The zero-order valence-electron chi connectivity index (χ0n) is 14.9. The van der Waals surface area contributed by atoms with E-state index in [1.807, 2.05) is 0 Å². The molecule has 0 aliphatic carbocycles. The van der Waals surface area contributed by atoms with Gasteiger partial charge in [0, 0.05) is 20.6 Å². The summed E-state index contributed by atoms with van der Waals surface area (Å²) in [6, 6.07) is 4.04. The van der Waals surface area contributed by atoms with Crippen LogP contribution in [0.1, 0.15) is 28.5 Å². The number of likely N-dealkylation sites (N-methyl/N-ethyl adjacent to an activating group) is 1. The molecule has 0 bridgehead atoms. The predicted octanol–water partition coefficient (Wildman–Crippen LogP) is 0.992. The number of halogens is 2. The van der Waals surface area contributed by atoms with Crippen LogP contribution in [0.15, 0.2) is 24.4 Å². The first-order valence-electron chi connectivity index (χ1n) is 8.46. The van der Waals surface area contributed by atoms with Crippen LogP contribution >= 0.6 is 11.6 Å². The van der Waals surface area contributed by atoms with Crippen LogP contribution in [0.2, 0.25) is 5.02 Å². The summed E-state index contributed by atoms with van der Waals surface area (Å²) >= 11 is 5.74. The van der Waals surface area contributed by atoms with E-state index in [1.165, 1.54) is 23.1 Å². The Morgan fingerprint density at radius 1 is 1.48 bits per heavy atom. The predicted molar refractivity (Wildman–Crippen MR) is 96.7 cm³/mol. The van der Waals surface area contributed by atoms with Crippen LogP contribution in [0, 0.1) is 5.82 Å². The molecule has 27 heavy (non-hydrogen) atoms. The molecule has 1 fully saturated rings. The lowest BCUT2D eigenvalue weighted by atomic mass is 10.1. The quantitative estimate of drug-likeness (QED) is 0.789. The first kappa shape index (κ1) is 19.2. The van der Waals surface area contributed by atoms with E-state index < -0.39 is 11.7 Å². The molecule has 2 N–H and O–H groups in total. The Labute approximate surface area is 160 Å². The molecule has 1 aromatic heterocycles. The van der Waals surface area contributed by atoms with Crippen LogP contribution in [-0.4, -0.2) is 58.4 Å². The van der Waals surface area contributed by atoms with Crippen LogP contribution in [0.3, 0.4) is 0 Å². The molecule has 2 aromatic rings. The van der Waals surface area contributed by atoms with Crippen molar-refractivity contribution in [2.75, 3.05) is 20.6 Å². The van der Waals surface area contributed by atoms with Gasteiger partial charge in [-0.05, 0) is 18.6 Å². The molecule has 1 saturated heterocycles. The zero-order chi connectivity index (χ0) is 19.6. The van der Waals surface area contributed by atoms with E-state index in [2.05, 4.69) is 20.9 Å². The fourth-order valence-corrected chi connectivity index (χ4v) is 3.22. The van der Waals surface area contributed by atoms with Gasteiger partial charge in [0.15, 0.2) is 5.82 Å². The third-order valence-electron chi connectivity index (χ3n) is 4.53. The third kappa shape index (κ3) is 4.09. The maximum Gasteiger partial charge on any atom is 0.256 e. The summed E-state index contributed by atoms with van der Waals surface area (Å²) in [5.74, 6) is -1.30. The summed E-state index contributed by atoms with van der Waals surface area (Å²) in [4.78, 5) is 25.5. The summed E-state index contributed by atoms with van der Waals surface area (Å²) < 4.78 is 15.7. The number of nitrogens with one attached hydrogen (secondary N) is 2. The van der Waals surface area contributed by atoms with Gasteiger partial charge in [-0.1, -0.05) is 22.9 Å². The summed E-state index contributed by atoms with van der Waals surface area (Å²) in [5.41, 5.74) is 0.475. The molecular formula is C17H20ClFN6O2. The Kier molecular flexibility index (Phi) is 5.71. The van der Waals surface area contributed by atoms with Crippen molar-refractivity contribution in [2.24, 2.45) is 0 Å². The van der Waals surface area contributed by atoms with Crippen molar-refractivity contribution in [3.8, 4) is 0 Å². The minimum absolute atomic E-state index is 0.0000629. The highest BCUT2D eigenvalue weighted by Gasteiger charge is 2.30. The van der Waals surface area contributed by atoms with Gasteiger partial charge in [0.05, 0.1) is 35.4 Å². The van der Waals surface area contributed by atoms with E-state index in [0.717, 1.165) is 0 Å². The van der Waals surface area contributed by atoms with Gasteiger partial charge < -0.3 is 15.5 Å². The lowest BCUT2D eigenvalue weighted by molar-refractivity contribution is -0.122. The summed E-state index contributed by atoms with van der Waals surface area (Å²) in [6.45, 7) is 0.771.